The SMILES string of the molecule is Cc1ccccc1C(=O)NC(=S)Nc1cccc(C(=O)NC(C)C)c1. The first-order valence-corrected chi connectivity index (χ1v) is 8.36. The lowest BCUT2D eigenvalue weighted by atomic mass is 10.1. The highest BCUT2D eigenvalue weighted by atomic mass is 32.1. The summed E-state index contributed by atoms with van der Waals surface area (Å²) in [4.78, 5) is 24.3. The highest BCUT2D eigenvalue weighted by Crippen LogP contribution is 2.11. The van der Waals surface area contributed by atoms with Crippen LogP contribution in [-0.4, -0.2) is 23.0 Å². The van der Waals surface area contributed by atoms with Crippen molar-refractivity contribution >= 4 is 34.8 Å². The van der Waals surface area contributed by atoms with Crippen molar-refractivity contribution in [2.75, 3.05) is 5.32 Å². The van der Waals surface area contributed by atoms with Crippen LogP contribution < -0.4 is 16.0 Å². The molecule has 2 aromatic rings. The van der Waals surface area contributed by atoms with Gasteiger partial charge in [-0.15, -0.1) is 0 Å². The van der Waals surface area contributed by atoms with Crippen molar-refractivity contribution in [2.24, 2.45) is 0 Å². The van der Waals surface area contributed by atoms with Crippen molar-refractivity contribution in [3.8, 4) is 0 Å². The Morgan fingerprint density at radius 2 is 1.72 bits per heavy atom. The van der Waals surface area contributed by atoms with E-state index in [2.05, 4.69) is 16.0 Å². The number of aryl methyl sites for hydroxylation is 1. The summed E-state index contributed by atoms with van der Waals surface area (Å²) >= 11 is 5.19. The topological polar surface area (TPSA) is 70.2 Å². The van der Waals surface area contributed by atoms with Crippen LogP contribution in [0.25, 0.3) is 0 Å². The van der Waals surface area contributed by atoms with Crippen molar-refractivity contribution in [2.45, 2.75) is 26.8 Å². The second-order valence-corrected chi connectivity index (χ2v) is 6.34. The molecule has 0 aromatic heterocycles. The minimum atomic E-state index is -0.274. The standard InChI is InChI=1S/C19H21N3O2S/c1-12(2)20-17(23)14-8-6-9-15(11-14)21-19(25)22-18(24)16-10-5-4-7-13(16)3/h4-12H,1-3H3,(H,20,23)(H2,21,22,24,25). The first-order valence-electron chi connectivity index (χ1n) is 7.95. The van der Waals surface area contributed by atoms with Crippen molar-refractivity contribution in [3.05, 3.63) is 65.2 Å². The first kappa shape index (κ1) is 18.6. The molecular formula is C19H21N3O2S. The summed E-state index contributed by atoms with van der Waals surface area (Å²) in [6.07, 6.45) is 0. The second-order valence-electron chi connectivity index (χ2n) is 5.93. The molecule has 0 spiro atoms. The molecule has 0 heterocycles. The normalized spacial score (nSPS) is 10.2. The quantitative estimate of drug-likeness (QED) is 0.736. The van der Waals surface area contributed by atoms with Crippen LogP contribution in [0.15, 0.2) is 48.5 Å². The molecule has 2 amide bonds. The van der Waals surface area contributed by atoms with Gasteiger partial charge < -0.3 is 10.6 Å². The van der Waals surface area contributed by atoms with Gasteiger partial charge in [-0.25, -0.2) is 0 Å². The molecule has 25 heavy (non-hydrogen) atoms. The van der Waals surface area contributed by atoms with Gasteiger partial charge in [0.1, 0.15) is 0 Å². The third-order valence-corrected chi connectivity index (χ3v) is 3.62. The Morgan fingerprint density at radius 3 is 2.40 bits per heavy atom. The largest absolute Gasteiger partial charge is 0.350 e. The van der Waals surface area contributed by atoms with Gasteiger partial charge in [-0.05, 0) is 62.8 Å². The number of anilines is 1. The summed E-state index contributed by atoms with van der Waals surface area (Å²) in [6, 6.07) is 14.3. The monoisotopic (exact) mass is 355 g/mol. The second kappa shape index (κ2) is 8.39. The molecule has 0 aliphatic heterocycles. The minimum Gasteiger partial charge on any atom is -0.350 e. The van der Waals surface area contributed by atoms with E-state index in [0.717, 1.165) is 5.56 Å². The van der Waals surface area contributed by atoms with Crippen LogP contribution >= 0.6 is 12.2 Å². The van der Waals surface area contributed by atoms with E-state index >= 15 is 0 Å². The zero-order valence-electron chi connectivity index (χ0n) is 14.4. The average molecular weight is 355 g/mol. The number of hydrogen-bond acceptors (Lipinski definition) is 3. The molecule has 0 saturated carbocycles. The molecule has 0 aliphatic carbocycles. The zero-order valence-corrected chi connectivity index (χ0v) is 15.2. The maximum Gasteiger partial charge on any atom is 0.257 e. The predicted octanol–water partition coefficient (Wildman–Crippen LogP) is 3.26. The Bertz CT molecular complexity index is 803. The summed E-state index contributed by atoms with van der Waals surface area (Å²) < 4.78 is 0. The van der Waals surface area contributed by atoms with Gasteiger partial charge in [0, 0.05) is 22.9 Å². The average Bonchev–Trinajstić information content (AvgIpc) is 2.54. The summed E-state index contributed by atoms with van der Waals surface area (Å²) in [6.45, 7) is 5.66. The summed E-state index contributed by atoms with van der Waals surface area (Å²) in [5, 5.41) is 8.58. The van der Waals surface area contributed by atoms with Crippen LogP contribution in [0.4, 0.5) is 5.69 Å². The minimum absolute atomic E-state index is 0.0543. The molecule has 0 bridgehead atoms. The van der Waals surface area contributed by atoms with E-state index in [0.29, 0.717) is 16.8 Å². The molecule has 2 aromatic carbocycles. The zero-order chi connectivity index (χ0) is 18.4. The summed E-state index contributed by atoms with van der Waals surface area (Å²) in [5.41, 5.74) is 2.59. The predicted molar refractivity (Wildman–Crippen MR) is 104 cm³/mol. The number of nitrogens with one attached hydrogen (secondary N) is 3. The lowest BCUT2D eigenvalue weighted by molar-refractivity contribution is 0.0941. The number of rotatable bonds is 4. The third kappa shape index (κ3) is 5.39. The number of carbonyl (C=O) groups excluding carboxylic acids is 2. The van der Waals surface area contributed by atoms with Crippen LogP contribution in [-0.2, 0) is 0 Å². The van der Waals surface area contributed by atoms with Gasteiger partial charge in [0.25, 0.3) is 11.8 Å². The molecule has 2 rings (SSSR count). The fourth-order valence-electron chi connectivity index (χ4n) is 2.24. The van der Waals surface area contributed by atoms with Gasteiger partial charge in [0.2, 0.25) is 0 Å². The molecule has 6 heteroatoms. The summed E-state index contributed by atoms with van der Waals surface area (Å²) in [5.74, 6) is -0.433. The molecule has 0 fully saturated rings. The number of benzene rings is 2. The smallest absolute Gasteiger partial charge is 0.257 e. The van der Waals surface area contributed by atoms with Crippen molar-refractivity contribution in [1.29, 1.82) is 0 Å². The van der Waals surface area contributed by atoms with Crippen LogP contribution in [0.5, 0.6) is 0 Å². The van der Waals surface area contributed by atoms with Crippen molar-refractivity contribution in [3.63, 3.8) is 0 Å². The molecule has 130 valence electrons. The fraction of sp³-hybridized carbons (Fsp3) is 0.211. The Hall–Kier alpha value is -2.73. The Morgan fingerprint density at radius 1 is 1.00 bits per heavy atom. The molecule has 0 unspecified atom stereocenters. The lowest BCUT2D eigenvalue weighted by Gasteiger charge is -2.12. The Labute approximate surface area is 152 Å². The van der Waals surface area contributed by atoms with Crippen LogP contribution in [0, 0.1) is 6.92 Å². The lowest BCUT2D eigenvalue weighted by Crippen LogP contribution is -2.34. The maximum atomic E-state index is 12.3. The highest BCUT2D eigenvalue weighted by molar-refractivity contribution is 7.80. The molecule has 3 N–H and O–H groups in total. The van der Waals surface area contributed by atoms with E-state index < -0.39 is 0 Å². The fourth-order valence-corrected chi connectivity index (χ4v) is 2.45. The van der Waals surface area contributed by atoms with Gasteiger partial charge >= 0.3 is 0 Å². The first-order chi connectivity index (χ1) is 11.9. The number of hydrogen-bond donors (Lipinski definition) is 3. The van der Waals surface area contributed by atoms with Gasteiger partial charge in [-0.1, -0.05) is 24.3 Å². The van der Waals surface area contributed by atoms with Gasteiger partial charge in [-0.3, -0.25) is 14.9 Å². The van der Waals surface area contributed by atoms with Crippen LogP contribution in [0.1, 0.15) is 40.1 Å². The van der Waals surface area contributed by atoms with E-state index in [1.54, 1.807) is 36.4 Å². The molecular weight excluding hydrogens is 334 g/mol. The van der Waals surface area contributed by atoms with Gasteiger partial charge in [-0.2, -0.15) is 0 Å². The summed E-state index contributed by atoms with van der Waals surface area (Å²) in [7, 11) is 0. The Kier molecular flexibility index (Phi) is 6.25. The highest BCUT2D eigenvalue weighted by Gasteiger charge is 2.11. The van der Waals surface area contributed by atoms with Crippen molar-refractivity contribution in [1.82, 2.24) is 10.6 Å². The Balaban J connectivity index is 2.02. The number of amides is 2. The molecule has 5 nitrogen and oxygen atoms in total. The molecule has 0 atom stereocenters. The molecule has 0 saturated heterocycles. The van der Waals surface area contributed by atoms with Crippen LogP contribution in [0.2, 0.25) is 0 Å². The van der Waals surface area contributed by atoms with E-state index in [1.165, 1.54) is 0 Å². The van der Waals surface area contributed by atoms with E-state index in [9.17, 15) is 9.59 Å². The third-order valence-electron chi connectivity index (χ3n) is 3.42. The van der Waals surface area contributed by atoms with Gasteiger partial charge in [0.05, 0.1) is 0 Å². The number of thiocarbonyl (C=S) groups is 1. The van der Waals surface area contributed by atoms with Gasteiger partial charge in [0.15, 0.2) is 5.11 Å². The number of carbonyl (C=O) groups is 2. The molecule has 0 aliphatic rings. The van der Waals surface area contributed by atoms with E-state index in [4.69, 9.17) is 12.2 Å². The maximum absolute atomic E-state index is 12.3. The van der Waals surface area contributed by atoms with Crippen molar-refractivity contribution < 1.29 is 9.59 Å². The van der Waals surface area contributed by atoms with E-state index in [-0.39, 0.29) is 23.0 Å². The molecule has 0 radical (unpaired) electrons. The van der Waals surface area contributed by atoms with Crippen LogP contribution in [0.3, 0.4) is 0 Å². The van der Waals surface area contributed by atoms with E-state index in [1.807, 2.05) is 32.9 Å².